The first-order valence-electron chi connectivity index (χ1n) is 8.27. The van der Waals surface area contributed by atoms with Crippen LogP contribution in [-0.2, 0) is 13.0 Å². The van der Waals surface area contributed by atoms with Crippen molar-refractivity contribution in [1.82, 2.24) is 0 Å². The molecule has 0 aliphatic carbocycles. The van der Waals surface area contributed by atoms with Gasteiger partial charge in [-0.2, -0.15) is 0 Å². The zero-order valence-electron chi connectivity index (χ0n) is 13.7. The molecule has 4 nitrogen and oxygen atoms in total. The number of anilines is 2. The van der Waals surface area contributed by atoms with Crippen LogP contribution in [0.5, 0.6) is 0 Å². The van der Waals surface area contributed by atoms with Gasteiger partial charge >= 0.3 is 5.63 Å². The minimum absolute atomic E-state index is 0.298. The number of hydrogen-bond acceptors (Lipinski definition) is 4. The van der Waals surface area contributed by atoms with E-state index in [0.29, 0.717) is 12.1 Å². The van der Waals surface area contributed by atoms with Crippen LogP contribution in [0.4, 0.5) is 11.4 Å². The Bertz CT molecular complexity index is 975. The largest absolute Gasteiger partial charge is 0.423 e. The standard InChI is InChI=1S/C20H20N2O2/c1-13-7-8-15-14(11-20(23)24-19(15)10-13)12-22-9-3-4-16-17(21)5-2-6-18(16)22/h2,5-8,10-11H,3-4,9,12,21H2,1H3. The van der Waals surface area contributed by atoms with Crippen LogP contribution in [0.3, 0.4) is 0 Å². The summed E-state index contributed by atoms with van der Waals surface area (Å²) in [4.78, 5) is 14.3. The van der Waals surface area contributed by atoms with Crippen molar-refractivity contribution in [2.45, 2.75) is 26.3 Å². The van der Waals surface area contributed by atoms with Gasteiger partial charge in [0.25, 0.3) is 0 Å². The molecule has 1 aromatic heterocycles. The third-order valence-electron chi connectivity index (χ3n) is 4.73. The van der Waals surface area contributed by atoms with Crippen LogP contribution in [0, 0.1) is 6.92 Å². The Balaban J connectivity index is 1.79. The number of benzene rings is 2. The van der Waals surface area contributed by atoms with Crippen molar-refractivity contribution >= 4 is 22.3 Å². The average Bonchev–Trinajstić information content (AvgIpc) is 2.55. The smallest absolute Gasteiger partial charge is 0.336 e. The zero-order valence-corrected chi connectivity index (χ0v) is 13.7. The molecule has 0 saturated carbocycles. The number of fused-ring (bicyclic) bond motifs is 2. The Hall–Kier alpha value is -2.75. The molecule has 0 saturated heterocycles. The lowest BCUT2D eigenvalue weighted by atomic mass is 9.99. The molecule has 122 valence electrons. The van der Waals surface area contributed by atoms with E-state index in [4.69, 9.17) is 10.2 Å². The van der Waals surface area contributed by atoms with E-state index in [1.54, 1.807) is 6.07 Å². The molecule has 2 aromatic carbocycles. The van der Waals surface area contributed by atoms with Gasteiger partial charge in [-0.05, 0) is 54.7 Å². The van der Waals surface area contributed by atoms with Crippen molar-refractivity contribution in [3.05, 3.63) is 69.6 Å². The fraction of sp³-hybridized carbons (Fsp3) is 0.250. The van der Waals surface area contributed by atoms with Crippen LogP contribution >= 0.6 is 0 Å². The van der Waals surface area contributed by atoms with Gasteiger partial charge in [0.1, 0.15) is 5.58 Å². The van der Waals surface area contributed by atoms with E-state index in [2.05, 4.69) is 11.0 Å². The maximum Gasteiger partial charge on any atom is 0.336 e. The molecule has 2 N–H and O–H groups in total. The van der Waals surface area contributed by atoms with Gasteiger partial charge in [-0.3, -0.25) is 0 Å². The summed E-state index contributed by atoms with van der Waals surface area (Å²) in [5, 5.41) is 0.997. The van der Waals surface area contributed by atoms with E-state index in [1.165, 1.54) is 11.3 Å². The molecule has 1 aliphatic heterocycles. The molecule has 0 fully saturated rings. The van der Waals surface area contributed by atoms with E-state index in [9.17, 15) is 4.79 Å². The molecule has 0 atom stereocenters. The highest BCUT2D eigenvalue weighted by atomic mass is 16.4. The van der Waals surface area contributed by atoms with Crippen LogP contribution in [-0.4, -0.2) is 6.54 Å². The summed E-state index contributed by atoms with van der Waals surface area (Å²) in [5.41, 5.74) is 11.8. The molecular weight excluding hydrogens is 300 g/mol. The Labute approximate surface area is 140 Å². The topological polar surface area (TPSA) is 59.5 Å². The lowest BCUT2D eigenvalue weighted by Gasteiger charge is -2.32. The van der Waals surface area contributed by atoms with Gasteiger partial charge in [0.2, 0.25) is 0 Å². The molecule has 0 spiro atoms. The molecule has 0 radical (unpaired) electrons. The maximum absolute atomic E-state index is 12.0. The van der Waals surface area contributed by atoms with E-state index in [-0.39, 0.29) is 5.63 Å². The Kier molecular flexibility index (Phi) is 3.53. The molecule has 24 heavy (non-hydrogen) atoms. The van der Waals surface area contributed by atoms with Crippen molar-refractivity contribution in [3.8, 4) is 0 Å². The van der Waals surface area contributed by atoms with Gasteiger partial charge in [0, 0.05) is 35.9 Å². The second kappa shape index (κ2) is 5.71. The van der Waals surface area contributed by atoms with Crippen molar-refractivity contribution < 1.29 is 4.42 Å². The molecule has 0 bridgehead atoms. The molecule has 4 heteroatoms. The third kappa shape index (κ3) is 2.54. The quantitative estimate of drug-likeness (QED) is 0.578. The SMILES string of the molecule is Cc1ccc2c(CN3CCCc4c(N)cccc43)cc(=O)oc2c1. The highest BCUT2D eigenvalue weighted by Crippen LogP contribution is 2.33. The monoisotopic (exact) mass is 320 g/mol. The first kappa shape index (κ1) is 14.8. The number of rotatable bonds is 2. The van der Waals surface area contributed by atoms with Crippen LogP contribution in [0.25, 0.3) is 11.0 Å². The summed E-state index contributed by atoms with van der Waals surface area (Å²) >= 11 is 0. The van der Waals surface area contributed by atoms with Gasteiger partial charge in [-0.15, -0.1) is 0 Å². The number of hydrogen-bond donors (Lipinski definition) is 1. The Morgan fingerprint density at radius 1 is 1.21 bits per heavy atom. The zero-order chi connectivity index (χ0) is 16.7. The Morgan fingerprint density at radius 2 is 2.08 bits per heavy atom. The predicted octanol–water partition coefficient (Wildman–Crippen LogP) is 3.64. The fourth-order valence-corrected chi connectivity index (χ4v) is 3.57. The molecule has 2 heterocycles. The molecule has 3 aromatic rings. The summed E-state index contributed by atoms with van der Waals surface area (Å²) < 4.78 is 5.37. The van der Waals surface area contributed by atoms with E-state index in [1.807, 2.05) is 37.3 Å². The summed E-state index contributed by atoms with van der Waals surface area (Å²) in [6.07, 6.45) is 2.08. The number of nitrogens with zero attached hydrogens (tertiary/aromatic N) is 1. The Morgan fingerprint density at radius 3 is 2.96 bits per heavy atom. The van der Waals surface area contributed by atoms with E-state index >= 15 is 0 Å². The van der Waals surface area contributed by atoms with Gasteiger partial charge < -0.3 is 15.1 Å². The van der Waals surface area contributed by atoms with Crippen molar-refractivity contribution in [2.24, 2.45) is 0 Å². The minimum Gasteiger partial charge on any atom is -0.423 e. The maximum atomic E-state index is 12.0. The van der Waals surface area contributed by atoms with Gasteiger partial charge in [0.05, 0.1) is 0 Å². The fourth-order valence-electron chi connectivity index (χ4n) is 3.57. The average molecular weight is 320 g/mol. The second-order valence-electron chi connectivity index (χ2n) is 6.46. The normalized spacial score (nSPS) is 14.0. The molecule has 1 aliphatic rings. The van der Waals surface area contributed by atoms with E-state index in [0.717, 1.165) is 41.6 Å². The predicted molar refractivity (Wildman–Crippen MR) is 97.4 cm³/mol. The second-order valence-corrected chi connectivity index (χ2v) is 6.46. The first-order chi connectivity index (χ1) is 11.6. The highest BCUT2D eigenvalue weighted by Gasteiger charge is 2.19. The minimum atomic E-state index is -0.298. The van der Waals surface area contributed by atoms with Crippen LogP contribution in [0.1, 0.15) is 23.1 Å². The number of aryl methyl sites for hydroxylation is 1. The van der Waals surface area contributed by atoms with Crippen LogP contribution in [0.15, 0.2) is 51.7 Å². The van der Waals surface area contributed by atoms with Crippen LogP contribution < -0.4 is 16.3 Å². The van der Waals surface area contributed by atoms with Crippen molar-refractivity contribution in [3.63, 3.8) is 0 Å². The molecular formula is C20H20N2O2. The summed E-state index contributed by atoms with van der Waals surface area (Å²) in [6, 6.07) is 13.7. The van der Waals surface area contributed by atoms with E-state index < -0.39 is 0 Å². The molecule has 0 unspecified atom stereocenters. The van der Waals surface area contributed by atoms with Gasteiger partial charge in [-0.1, -0.05) is 18.2 Å². The van der Waals surface area contributed by atoms with Gasteiger partial charge in [0.15, 0.2) is 0 Å². The first-order valence-corrected chi connectivity index (χ1v) is 8.27. The molecule has 4 rings (SSSR count). The summed E-state index contributed by atoms with van der Waals surface area (Å²) in [5.74, 6) is 0. The van der Waals surface area contributed by atoms with Crippen LogP contribution in [0.2, 0.25) is 0 Å². The van der Waals surface area contributed by atoms with Crippen molar-refractivity contribution in [1.29, 1.82) is 0 Å². The number of nitrogens with two attached hydrogens (primary N) is 1. The number of nitrogen functional groups attached to an aromatic ring is 1. The van der Waals surface area contributed by atoms with Crippen molar-refractivity contribution in [2.75, 3.05) is 17.2 Å². The molecule has 0 amide bonds. The summed E-state index contributed by atoms with van der Waals surface area (Å²) in [6.45, 7) is 3.64. The lowest BCUT2D eigenvalue weighted by molar-refractivity contribution is 0.557. The third-order valence-corrected chi connectivity index (χ3v) is 4.73. The summed E-state index contributed by atoms with van der Waals surface area (Å²) in [7, 11) is 0. The lowest BCUT2D eigenvalue weighted by Crippen LogP contribution is -2.29. The van der Waals surface area contributed by atoms with Gasteiger partial charge in [-0.25, -0.2) is 4.79 Å². The highest BCUT2D eigenvalue weighted by molar-refractivity contribution is 5.81.